The third-order valence-electron chi connectivity index (χ3n) is 3.33. The number of hydrogen-bond acceptors (Lipinski definition) is 6. The highest BCUT2D eigenvalue weighted by atomic mass is 35.5. The van der Waals surface area contributed by atoms with Crippen molar-refractivity contribution in [3.8, 4) is 0 Å². The van der Waals surface area contributed by atoms with Crippen molar-refractivity contribution in [3.05, 3.63) is 14.7 Å². The Morgan fingerprint density at radius 2 is 2.26 bits per heavy atom. The van der Waals surface area contributed by atoms with Gasteiger partial charge in [-0.3, -0.25) is 4.79 Å². The monoisotopic (exact) mass is 401 g/mol. The van der Waals surface area contributed by atoms with E-state index in [-0.39, 0.29) is 26.3 Å². The first kappa shape index (κ1) is 19.0. The molecule has 23 heavy (non-hydrogen) atoms. The van der Waals surface area contributed by atoms with Crippen molar-refractivity contribution < 1.29 is 22.7 Å². The number of carbonyl (C=O) groups is 1. The van der Waals surface area contributed by atoms with Crippen LogP contribution in [0.25, 0.3) is 0 Å². The molecule has 1 saturated heterocycles. The first-order chi connectivity index (χ1) is 10.8. The molecule has 1 aliphatic heterocycles. The van der Waals surface area contributed by atoms with Gasteiger partial charge in [-0.25, -0.2) is 13.1 Å². The van der Waals surface area contributed by atoms with Gasteiger partial charge in [0.15, 0.2) is 0 Å². The van der Waals surface area contributed by atoms with Crippen LogP contribution in [0.3, 0.4) is 0 Å². The molecule has 0 aromatic carbocycles. The van der Waals surface area contributed by atoms with Crippen molar-refractivity contribution in [1.29, 1.82) is 0 Å². The molecule has 0 unspecified atom stereocenters. The van der Waals surface area contributed by atoms with Crippen LogP contribution in [0.1, 0.15) is 26.2 Å². The average molecular weight is 402 g/mol. The summed E-state index contributed by atoms with van der Waals surface area (Å²) in [4.78, 5) is 11.8. The minimum absolute atomic E-state index is 0.000484. The highest BCUT2D eigenvalue weighted by molar-refractivity contribution is 7.90. The molecule has 2 heterocycles. The summed E-state index contributed by atoms with van der Waals surface area (Å²) in [5.74, 6) is -0.765. The standard InChI is InChI=1S/C13H17Cl2NO5S2/c1-8(21-7-9-4-2-3-5-20-9)13(17)16-23(18,19)10-6-11(14)22-12(10)15/h6,8-9H,2-5,7H2,1H3,(H,16,17)/t8-,9-/m1/s1. The molecule has 1 fully saturated rings. The van der Waals surface area contributed by atoms with Gasteiger partial charge in [0.05, 0.1) is 17.0 Å². The summed E-state index contributed by atoms with van der Waals surface area (Å²) < 4.78 is 37.3. The Labute approximate surface area is 149 Å². The van der Waals surface area contributed by atoms with Crippen LogP contribution < -0.4 is 4.72 Å². The van der Waals surface area contributed by atoms with Crippen LogP contribution >= 0.6 is 34.5 Å². The number of halogens is 2. The van der Waals surface area contributed by atoms with Gasteiger partial charge in [-0.2, -0.15) is 0 Å². The molecule has 1 amide bonds. The summed E-state index contributed by atoms with van der Waals surface area (Å²) in [6.45, 7) is 2.41. The molecule has 0 saturated carbocycles. The van der Waals surface area contributed by atoms with Crippen molar-refractivity contribution >= 4 is 50.5 Å². The number of ether oxygens (including phenoxy) is 2. The maximum Gasteiger partial charge on any atom is 0.266 e. The van der Waals surface area contributed by atoms with Gasteiger partial charge in [-0.15, -0.1) is 11.3 Å². The SMILES string of the molecule is C[C@@H](OC[C@H]1CCCCO1)C(=O)NS(=O)(=O)c1cc(Cl)sc1Cl. The van der Waals surface area contributed by atoms with Crippen molar-refractivity contribution in [2.24, 2.45) is 0 Å². The second-order valence-electron chi connectivity index (χ2n) is 5.12. The highest BCUT2D eigenvalue weighted by Crippen LogP contribution is 2.34. The minimum atomic E-state index is -4.07. The summed E-state index contributed by atoms with van der Waals surface area (Å²) in [6.07, 6.45) is 1.97. The Morgan fingerprint density at radius 3 is 2.83 bits per heavy atom. The van der Waals surface area contributed by atoms with Gasteiger partial charge < -0.3 is 9.47 Å². The number of hydrogen-bond donors (Lipinski definition) is 1. The topological polar surface area (TPSA) is 81.7 Å². The summed E-state index contributed by atoms with van der Waals surface area (Å²) in [6, 6.07) is 1.20. The molecule has 1 aromatic heterocycles. The minimum Gasteiger partial charge on any atom is -0.376 e. The summed E-state index contributed by atoms with van der Waals surface area (Å²) >= 11 is 12.4. The molecule has 0 radical (unpaired) electrons. The van der Waals surface area contributed by atoms with E-state index in [9.17, 15) is 13.2 Å². The van der Waals surface area contributed by atoms with Crippen LogP contribution in [-0.2, 0) is 24.3 Å². The smallest absolute Gasteiger partial charge is 0.266 e. The normalized spacial score (nSPS) is 20.2. The quantitative estimate of drug-likeness (QED) is 0.792. The second-order valence-corrected chi connectivity index (χ2v) is 9.06. The van der Waals surface area contributed by atoms with E-state index in [4.69, 9.17) is 32.7 Å². The first-order valence-corrected chi connectivity index (χ1v) is 10.1. The highest BCUT2D eigenvalue weighted by Gasteiger charge is 2.26. The molecule has 0 aliphatic carbocycles. The molecule has 10 heteroatoms. The number of thiophene rings is 1. The van der Waals surface area contributed by atoms with Gasteiger partial charge in [-0.05, 0) is 32.3 Å². The van der Waals surface area contributed by atoms with Gasteiger partial charge in [0.2, 0.25) is 0 Å². The fourth-order valence-corrected chi connectivity index (χ4v) is 5.24. The Bertz CT molecular complexity index is 655. The maximum absolute atomic E-state index is 12.1. The summed E-state index contributed by atoms with van der Waals surface area (Å²) in [7, 11) is -4.07. The van der Waals surface area contributed by atoms with E-state index in [1.807, 2.05) is 4.72 Å². The van der Waals surface area contributed by atoms with Crippen LogP contribution in [-0.4, -0.2) is 39.7 Å². The molecular formula is C13H17Cl2NO5S2. The van der Waals surface area contributed by atoms with E-state index in [1.165, 1.54) is 13.0 Å². The fraction of sp³-hybridized carbons (Fsp3) is 0.615. The van der Waals surface area contributed by atoms with Crippen LogP contribution in [0, 0.1) is 0 Å². The Hall–Kier alpha value is -0.380. The van der Waals surface area contributed by atoms with Crippen molar-refractivity contribution in [2.45, 2.75) is 43.3 Å². The van der Waals surface area contributed by atoms with Crippen LogP contribution in [0.2, 0.25) is 8.67 Å². The molecule has 2 rings (SSSR count). The molecular weight excluding hydrogens is 385 g/mol. The zero-order valence-electron chi connectivity index (χ0n) is 12.4. The van der Waals surface area contributed by atoms with Crippen molar-refractivity contribution in [3.63, 3.8) is 0 Å². The average Bonchev–Trinajstić information content (AvgIpc) is 2.85. The van der Waals surface area contributed by atoms with E-state index in [0.717, 1.165) is 30.6 Å². The molecule has 0 spiro atoms. The third-order valence-corrected chi connectivity index (χ3v) is 6.42. The number of rotatable bonds is 6. The van der Waals surface area contributed by atoms with Gasteiger partial charge in [0.1, 0.15) is 15.3 Å². The predicted octanol–water partition coefficient (Wildman–Crippen LogP) is 2.83. The van der Waals surface area contributed by atoms with Crippen LogP contribution in [0.4, 0.5) is 0 Å². The van der Waals surface area contributed by atoms with E-state index in [2.05, 4.69) is 0 Å². The summed E-state index contributed by atoms with van der Waals surface area (Å²) in [5.41, 5.74) is 0. The third kappa shape index (κ3) is 5.30. The van der Waals surface area contributed by atoms with E-state index in [1.54, 1.807) is 0 Å². The molecule has 1 N–H and O–H groups in total. The zero-order chi connectivity index (χ0) is 17.0. The number of carbonyl (C=O) groups excluding carboxylic acids is 1. The molecule has 2 atom stereocenters. The number of amides is 1. The predicted molar refractivity (Wildman–Crippen MR) is 88.7 cm³/mol. The largest absolute Gasteiger partial charge is 0.376 e. The lowest BCUT2D eigenvalue weighted by Gasteiger charge is -2.23. The van der Waals surface area contributed by atoms with Gasteiger partial charge in [-0.1, -0.05) is 23.2 Å². The maximum atomic E-state index is 12.1. The lowest BCUT2D eigenvalue weighted by atomic mass is 10.1. The van der Waals surface area contributed by atoms with Gasteiger partial charge in [0.25, 0.3) is 15.9 Å². The molecule has 6 nitrogen and oxygen atoms in total. The number of sulfonamides is 1. The second kappa shape index (κ2) is 8.13. The number of nitrogens with one attached hydrogen (secondary N) is 1. The van der Waals surface area contributed by atoms with Crippen LogP contribution in [0.5, 0.6) is 0 Å². The Kier molecular flexibility index (Phi) is 6.70. The lowest BCUT2D eigenvalue weighted by Crippen LogP contribution is -2.40. The molecule has 130 valence electrons. The van der Waals surface area contributed by atoms with Gasteiger partial charge >= 0.3 is 0 Å². The van der Waals surface area contributed by atoms with Crippen LogP contribution in [0.15, 0.2) is 11.0 Å². The van der Waals surface area contributed by atoms with E-state index >= 15 is 0 Å². The Morgan fingerprint density at radius 1 is 1.52 bits per heavy atom. The van der Waals surface area contributed by atoms with E-state index < -0.39 is 22.0 Å². The molecule has 1 aromatic rings. The fourth-order valence-electron chi connectivity index (χ4n) is 2.04. The molecule has 0 bridgehead atoms. The summed E-state index contributed by atoms with van der Waals surface area (Å²) in [5, 5.41) is 0. The van der Waals surface area contributed by atoms with E-state index in [0.29, 0.717) is 6.61 Å². The Balaban J connectivity index is 1.90. The van der Waals surface area contributed by atoms with Crippen molar-refractivity contribution in [1.82, 2.24) is 4.72 Å². The van der Waals surface area contributed by atoms with Gasteiger partial charge in [0, 0.05) is 6.61 Å². The first-order valence-electron chi connectivity index (χ1n) is 7.04. The zero-order valence-corrected chi connectivity index (χ0v) is 15.5. The van der Waals surface area contributed by atoms with Crippen molar-refractivity contribution in [2.75, 3.05) is 13.2 Å². The molecule has 1 aliphatic rings. The lowest BCUT2D eigenvalue weighted by molar-refractivity contribution is -0.133.